The Balaban J connectivity index is 1.36. The summed E-state index contributed by atoms with van der Waals surface area (Å²) in [6, 6.07) is 5.58. The van der Waals surface area contributed by atoms with Gasteiger partial charge in [0.05, 0.1) is 30.7 Å². The van der Waals surface area contributed by atoms with Crippen LogP contribution >= 0.6 is 0 Å². The van der Waals surface area contributed by atoms with Gasteiger partial charge in [-0.15, -0.1) is 0 Å². The van der Waals surface area contributed by atoms with E-state index >= 15 is 0 Å². The van der Waals surface area contributed by atoms with Crippen molar-refractivity contribution >= 4 is 17.5 Å². The summed E-state index contributed by atoms with van der Waals surface area (Å²) in [4.78, 5) is 46.9. The predicted octanol–water partition coefficient (Wildman–Crippen LogP) is 1.20. The second-order valence-electron chi connectivity index (χ2n) is 7.49. The van der Waals surface area contributed by atoms with E-state index in [1.54, 1.807) is 29.2 Å². The molecule has 0 aromatic carbocycles. The predicted molar refractivity (Wildman–Crippen MR) is 104 cm³/mol. The molecule has 9 heteroatoms. The summed E-state index contributed by atoms with van der Waals surface area (Å²) in [5, 5.41) is 4.05. The molecule has 0 saturated carbocycles. The fourth-order valence-electron chi connectivity index (χ4n) is 3.56. The Morgan fingerprint density at radius 3 is 2.83 bits per heavy atom. The molecule has 9 nitrogen and oxygen atoms in total. The molecule has 4 heterocycles. The summed E-state index contributed by atoms with van der Waals surface area (Å²) in [7, 11) is 1.71. The third-order valence-electron chi connectivity index (χ3n) is 5.16. The van der Waals surface area contributed by atoms with Gasteiger partial charge in [-0.2, -0.15) is 0 Å². The number of aromatic nitrogens is 3. The van der Waals surface area contributed by atoms with E-state index in [0.29, 0.717) is 43.9 Å². The molecule has 0 unspecified atom stereocenters. The van der Waals surface area contributed by atoms with E-state index in [4.69, 9.17) is 4.84 Å². The molecule has 1 fully saturated rings. The van der Waals surface area contributed by atoms with Crippen LogP contribution in [-0.2, 0) is 16.2 Å². The zero-order valence-corrected chi connectivity index (χ0v) is 16.4. The van der Waals surface area contributed by atoms with Gasteiger partial charge in [0.2, 0.25) is 0 Å². The Bertz CT molecular complexity index is 946. The second kappa shape index (κ2) is 7.57. The van der Waals surface area contributed by atoms with Crippen LogP contribution in [0.4, 0.5) is 0 Å². The lowest BCUT2D eigenvalue weighted by atomic mass is 9.96. The van der Waals surface area contributed by atoms with Gasteiger partial charge in [-0.1, -0.05) is 11.2 Å². The molecule has 2 aliphatic heterocycles. The van der Waals surface area contributed by atoms with E-state index in [1.165, 1.54) is 6.20 Å². The summed E-state index contributed by atoms with van der Waals surface area (Å²) < 4.78 is 0. The SMILES string of the molecule is Cc1cnc(C(=O)N2CC[C@]3(CC(C(=O)N(C)Cc4ccccn4)=NO3)C2)cn1. The largest absolute Gasteiger partial charge is 0.386 e. The highest BCUT2D eigenvalue weighted by atomic mass is 16.7. The second-order valence-corrected chi connectivity index (χ2v) is 7.49. The highest BCUT2D eigenvalue weighted by Crippen LogP contribution is 2.34. The quantitative estimate of drug-likeness (QED) is 0.772. The van der Waals surface area contributed by atoms with Gasteiger partial charge in [0.1, 0.15) is 11.4 Å². The van der Waals surface area contributed by atoms with Crippen molar-refractivity contribution < 1.29 is 14.4 Å². The van der Waals surface area contributed by atoms with Crippen LogP contribution < -0.4 is 0 Å². The Morgan fingerprint density at radius 1 is 1.24 bits per heavy atom. The van der Waals surface area contributed by atoms with Gasteiger partial charge < -0.3 is 14.6 Å². The van der Waals surface area contributed by atoms with Gasteiger partial charge in [0.15, 0.2) is 5.60 Å². The topological polar surface area (TPSA) is 101 Å². The minimum atomic E-state index is -0.648. The molecule has 150 valence electrons. The van der Waals surface area contributed by atoms with E-state index in [1.807, 2.05) is 25.1 Å². The van der Waals surface area contributed by atoms with Crippen molar-refractivity contribution in [2.75, 3.05) is 20.1 Å². The number of hydrogen-bond donors (Lipinski definition) is 0. The third kappa shape index (κ3) is 3.94. The van der Waals surface area contributed by atoms with Gasteiger partial charge in [-0.05, 0) is 19.1 Å². The number of hydrogen-bond acceptors (Lipinski definition) is 7. The molecule has 0 radical (unpaired) electrons. The van der Waals surface area contributed by atoms with Crippen molar-refractivity contribution in [3.63, 3.8) is 0 Å². The van der Waals surface area contributed by atoms with Crippen LogP contribution in [0.25, 0.3) is 0 Å². The zero-order valence-electron chi connectivity index (χ0n) is 16.4. The first kappa shape index (κ1) is 19.0. The van der Waals surface area contributed by atoms with Crippen LogP contribution in [0.15, 0.2) is 41.9 Å². The zero-order chi connectivity index (χ0) is 20.4. The lowest BCUT2D eigenvalue weighted by Crippen LogP contribution is -2.39. The molecule has 1 atom stereocenters. The Labute approximate surface area is 168 Å². The minimum absolute atomic E-state index is 0.190. The highest BCUT2D eigenvalue weighted by molar-refractivity contribution is 6.39. The number of aryl methyl sites for hydroxylation is 1. The number of pyridine rings is 1. The molecule has 2 aliphatic rings. The van der Waals surface area contributed by atoms with E-state index in [0.717, 1.165) is 11.4 Å². The summed E-state index contributed by atoms with van der Waals surface area (Å²) >= 11 is 0. The van der Waals surface area contributed by atoms with Crippen molar-refractivity contribution in [1.82, 2.24) is 24.8 Å². The van der Waals surface area contributed by atoms with Crippen LogP contribution in [-0.4, -0.2) is 68.0 Å². The molecule has 0 N–H and O–H groups in total. The van der Waals surface area contributed by atoms with Crippen LogP contribution in [0.3, 0.4) is 0 Å². The van der Waals surface area contributed by atoms with E-state index in [9.17, 15) is 9.59 Å². The van der Waals surface area contributed by atoms with Crippen molar-refractivity contribution in [2.24, 2.45) is 5.16 Å². The smallest absolute Gasteiger partial charge is 0.274 e. The Kier molecular flexibility index (Phi) is 4.96. The molecule has 4 rings (SSSR count). The highest BCUT2D eigenvalue weighted by Gasteiger charge is 2.48. The van der Waals surface area contributed by atoms with Crippen LogP contribution in [0, 0.1) is 6.92 Å². The third-order valence-corrected chi connectivity index (χ3v) is 5.16. The average molecular weight is 394 g/mol. The van der Waals surface area contributed by atoms with Gasteiger partial charge in [-0.25, -0.2) is 4.98 Å². The summed E-state index contributed by atoms with van der Waals surface area (Å²) in [5.74, 6) is -0.383. The molecular formula is C20H22N6O3. The monoisotopic (exact) mass is 394 g/mol. The van der Waals surface area contributed by atoms with Crippen LogP contribution in [0.5, 0.6) is 0 Å². The number of carbonyl (C=O) groups is 2. The molecule has 29 heavy (non-hydrogen) atoms. The van der Waals surface area contributed by atoms with E-state index in [-0.39, 0.29) is 11.8 Å². The van der Waals surface area contributed by atoms with Gasteiger partial charge in [0, 0.05) is 38.8 Å². The fourth-order valence-corrected chi connectivity index (χ4v) is 3.56. The minimum Gasteiger partial charge on any atom is -0.386 e. The van der Waals surface area contributed by atoms with E-state index in [2.05, 4.69) is 20.1 Å². The Morgan fingerprint density at radius 2 is 2.10 bits per heavy atom. The molecule has 1 saturated heterocycles. The number of amides is 2. The lowest BCUT2D eigenvalue weighted by molar-refractivity contribution is -0.123. The maximum Gasteiger partial charge on any atom is 0.274 e. The molecular weight excluding hydrogens is 372 g/mol. The van der Waals surface area contributed by atoms with Gasteiger partial charge >= 0.3 is 0 Å². The number of oxime groups is 1. The number of carbonyl (C=O) groups excluding carboxylic acids is 2. The van der Waals surface area contributed by atoms with Gasteiger partial charge in [0.25, 0.3) is 11.8 Å². The first-order chi connectivity index (χ1) is 14.0. The molecule has 2 amide bonds. The maximum absolute atomic E-state index is 12.7. The fraction of sp³-hybridized carbons (Fsp3) is 0.400. The number of likely N-dealkylation sites (tertiary alicyclic amines) is 1. The van der Waals surface area contributed by atoms with Gasteiger partial charge in [-0.3, -0.25) is 19.6 Å². The number of rotatable bonds is 4. The molecule has 1 spiro atoms. The molecule has 2 aromatic heterocycles. The van der Waals surface area contributed by atoms with E-state index < -0.39 is 5.60 Å². The number of nitrogens with zero attached hydrogens (tertiary/aromatic N) is 6. The normalized spacial score (nSPS) is 20.5. The summed E-state index contributed by atoms with van der Waals surface area (Å²) in [6.45, 7) is 3.10. The standard InChI is InChI=1S/C20H22N6O3/c1-14-10-23-17(11-22-14)19(28)26-8-6-20(13-26)9-16(24-29-20)18(27)25(2)12-15-5-3-4-7-21-15/h3-5,7,10-11H,6,8-9,12-13H2,1-2H3/t20-/m0/s1. The summed E-state index contributed by atoms with van der Waals surface area (Å²) in [6.07, 6.45) is 5.74. The molecule has 0 bridgehead atoms. The lowest BCUT2D eigenvalue weighted by Gasteiger charge is -2.22. The first-order valence-electron chi connectivity index (χ1n) is 9.44. The van der Waals surface area contributed by atoms with Crippen molar-refractivity contribution in [2.45, 2.75) is 31.9 Å². The van der Waals surface area contributed by atoms with Crippen molar-refractivity contribution in [1.29, 1.82) is 0 Å². The Hall–Kier alpha value is -3.36. The average Bonchev–Trinajstić information content (AvgIpc) is 3.35. The first-order valence-corrected chi connectivity index (χ1v) is 9.44. The molecule has 2 aromatic rings. The van der Waals surface area contributed by atoms with Crippen molar-refractivity contribution in [3.05, 3.63) is 53.9 Å². The summed E-state index contributed by atoms with van der Waals surface area (Å²) in [5.41, 5.74) is 1.58. The molecule has 0 aliphatic carbocycles. The van der Waals surface area contributed by atoms with Crippen LogP contribution in [0.1, 0.15) is 34.7 Å². The van der Waals surface area contributed by atoms with Crippen molar-refractivity contribution in [3.8, 4) is 0 Å². The maximum atomic E-state index is 12.7. The van der Waals surface area contributed by atoms with Crippen LogP contribution in [0.2, 0.25) is 0 Å².